The summed E-state index contributed by atoms with van der Waals surface area (Å²) < 4.78 is 5.88. The standard InChI is InChI=1S/C20H22BrN3O4/c1-14-7-8-16(21)11-17(14)24-18(25)9-10-22-19(26)12-23-20(27)28-13-15-5-3-2-4-6-15/h2-8,11H,9-10,12-13H2,1H3,(H,22,26)(H,23,27)(H,24,25). The Morgan fingerprint density at radius 3 is 2.50 bits per heavy atom. The Morgan fingerprint density at radius 2 is 1.75 bits per heavy atom. The van der Waals surface area contributed by atoms with E-state index in [-0.39, 0.29) is 32.0 Å². The Bertz CT molecular complexity index is 827. The predicted molar refractivity (Wildman–Crippen MR) is 110 cm³/mol. The number of ether oxygens (including phenoxy) is 1. The van der Waals surface area contributed by atoms with Gasteiger partial charge in [-0.3, -0.25) is 9.59 Å². The molecule has 0 aliphatic rings. The zero-order chi connectivity index (χ0) is 20.4. The van der Waals surface area contributed by atoms with Gasteiger partial charge in [-0.2, -0.15) is 0 Å². The fraction of sp³-hybridized carbons (Fsp3) is 0.250. The van der Waals surface area contributed by atoms with Crippen LogP contribution < -0.4 is 16.0 Å². The SMILES string of the molecule is Cc1ccc(Br)cc1NC(=O)CCNC(=O)CNC(=O)OCc1ccccc1. The highest BCUT2D eigenvalue weighted by Crippen LogP contribution is 2.20. The van der Waals surface area contributed by atoms with Gasteiger partial charge in [0.25, 0.3) is 0 Å². The largest absolute Gasteiger partial charge is 0.445 e. The summed E-state index contributed by atoms with van der Waals surface area (Å²) in [5.74, 6) is -0.611. The number of hydrogen-bond donors (Lipinski definition) is 3. The number of aryl methyl sites for hydroxylation is 1. The number of nitrogens with one attached hydrogen (secondary N) is 3. The van der Waals surface area contributed by atoms with Gasteiger partial charge in [0.05, 0.1) is 6.54 Å². The number of benzene rings is 2. The summed E-state index contributed by atoms with van der Waals surface area (Å²) in [7, 11) is 0. The number of hydrogen-bond acceptors (Lipinski definition) is 4. The molecule has 8 heteroatoms. The molecule has 0 heterocycles. The molecule has 3 amide bonds. The smallest absolute Gasteiger partial charge is 0.407 e. The minimum Gasteiger partial charge on any atom is -0.445 e. The minimum absolute atomic E-state index is 0.121. The zero-order valence-corrected chi connectivity index (χ0v) is 17.0. The monoisotopic (exact) mass is 447 g/mol. The molecule has 0 saturated heterocycles. The van der Waals surface area contributed by atoms with Crippen LogP contribution in [0.2, 0.25) is 0 Å². The summed E-state index contributed by atoms with van der Waals surface area (Å²) in [5.41, 5.74) is 2.51. The van der Waals surface area contributed by atoms with Gasteiger partial charge in [0, 0.05) is 23.1 Å². The Morgan fingerprint density at radius 1 is 1.00 bits per heavy atom. The van der Waals surface area contributed by atoms with Crippen molar-refractivity contribution in [3.8, 4) is 0 Å². The molecule has 0 fully saturated rings. The number of rotatable bonds is 8. The molecule has 0 aliphatic carbocycles. The van der Waals surface area contributed by atoms with E-state index in [1.165, 1.54) is 0 Å². The van der Waals surface area contributed by atoms with Crippen LogP contribution in [0.1, 0.15) is 17.5 Å². The first-order valence-electron chi connectivity index (χ1n) is 8.71. The van der Waals surface area contributed by atoms with Crippen molar-refractivity contribution in [3.63, 3.8) is 0 Å². The quantitative estimate of drug-likeness (QED) is 0.578. The third-order valence-corrected chi connectivity index (χ3v) is 4.25. The van der Waals surface area contributed by atoms with Crippen molar-refractivity contribution in [2.45, 2.75) is 20.0 Å². The van der Waals surface area contributed by atoms with Crippen molar-refractivity contribution < 1.29 is 19.1 Å². The van der Waals surface area contributed by atoms with Gasteiger partial charge in [-0.1, -0.05) is 52.3 Å². The lowest BCUT2D eigenvalue weighted by atomic mass is 10.2. The molecule has 0 aromatic heterocycles. The predicted octanol–water partition coefficient (Wildman–Crippen LogP) is 3.13. The van der Waals surface area contributed by atoms with E-state index in [0.717, 1.165) is 15.6 Å². The van der Waals surface area contributed by atoms with E-state index >= 15 is 0 Å². The molecule has 148 valence electrons. The second-order valence-electron chi connectivity index (χ2n) is 6.02. The molecule has 0 unspecified atom stereocenters. The molecule has 3 N–H and O–H groups in total. The van der Waals surface area contributed by atoms with Crippen molar-refractivity contribution in [2.75, 3.05) is 18.4 Å². The molecule has 0 saturated carbocycles. The number of amides is 3. The summed E-state index contributed by atoms with van der Waals surface area (Å²) in [4.78, 5) is 35.3. The summed E-state index contributed by atoms with van der Waals surface area (Å²) in [5, 5.41) is 7.74. The maximum absolute atomic E-state index is 12.0. The number of carbonyl (C=O) groups is 3. The maximum Gasteiger partial charge on any atom is 0.407 e. The Hall–Kier alpha value is -2.87. The molecule has 2 rings (SSSR count). The Balaban J connectivity index is 1.61. The molecule has 0 aliphatic heterocycles. The topological polar surface area (TPSA) is 96.5 Å². The fourth-order valence-corrected chi connectivity index (χ4v) is 2.61. The van der Waals surface area contributed by atoms with Crippen LogP contribution in [0.15, 0.2) is 53.0 Å². The lowest BCUT2D eigenvalue weighted by Crippen LogP contribution is -2.38. The van der Waals surface area contributed by atoms with E-state index in [2.05, 4.69) is 31.9 Å². The normalized spacial score (nSPS) is 10.1. The molecular formula is C20H22BrN3O4. The number of carbonyl (C=O) groups excluding carboxylic acids is 3. The first kappa shape index (κ1) is 21.4. The minimum atomic E-state index is -0.679. The van der Waals surface area contributed by atoms with Gasteiger partial charge in [0.2, 0.25) is 11.8 Å². The van der Waals surface area contributed by atoms with Crippen LogP contribution in [-0.2, 0) is 20.9 Å². The summed E-state index contributed by atoms with van der Waals surface area (Å²) >= 11 is 3.36. The summed E-state index contributed by atoms with van der Waals surface area (Å²) in [6, 6.07) is 14.8. The first-order chi connectivity index (χ1) is 13.4. The molecule has 0 atom stereocenters. The van der Waals surface area contributed by atoms with E-state index < -0.39 is 12.0 Å². The van der Waals surface area contributed by atoms with Crippen LogP contribution in [-0.4, -0.2) is 31.0 Å². The molecule has 2 aromatic carbocycles. The van der Waals surface area contributed by atoms with Crippen molar-refractivity contribution in [1.29, 1.82) is 0 Å². The van der Waals surface area contributed by atoms with Crippen molar-refractivity contribution in [2.24, 2.45) is 0 Å². The third kappa shape index (κ3) is 7.79. The van der Waals surface area contributed by atoms with Gasteiger partial charge in [-0.05, 0) is 30.2 Å². The highest BCUT2D eigenvalue weighted by molar-refractivity contribution is 9.10. The van der Waals surface area contributed by atoms with Gasteiger partial charge in [0.15, 0.2) is 0 Å². The Labute approximate surface area is 172 Å². The second kappa shape index (κ2) is 11.1. The van der Waals surface area contributed by atoms with Gasteiger partial charge in [-0.15, -0.1) is 0 Å². The average Bonchev–Trinajstić information content (AvgIpc) is 2.68. The molecule has 0 spiro atoms. The molecular weight excluding hydrogens is 426 g/mol. The second-order valence-corrected chi connectivity index (χ2v) is 6.94. The molecule has 0 bridgehead atoms. The average molecular weight is 448 g/mol. The van der Waals surface area contributed by atoms with Crippen LogP contribution in [0.25, 0.3) is 0 Å². The van der Waals surface area contributed by atoms with Crippen molar-refractivity contribution in [3.05, 3.63) is 64.1 Å². The van der Waals surface area contributed by atoms with E-state index in [4.69, 9.17) is 4.74 Å². The number of anilines is 1. The number of alkyl carbamates (subject to hydrolysis) is 1. The lowest BCUT2D eigenvalue weighted by Gasteiger charge is -2.10. The summed E-state index contributed by atoms with van der Waals surface area (Å²) in [6.07, 6.45) is -0.558. The van der Waals surface area contributed by atoms with E-state index in [0.29, 0.717) is 5.69 Å². The van der Waals surface area contributed by atoms with Gasteiger partial charge in [-0.25, -0.2) is 4.79 Å². The van der Waals surface area contributed by atoms with Crippen molar-refractivity contribution >= 4 is 39.5 Å². The third-order valence-electron chi connectivity index (χ3n) is 3.75. The van der Waals surface area contributed by atoms with Crippen LogP contribution in [0.5, 0.6) is 0 Å². The highest BCUT2D eigenvalue weighted by atomic mass is 79.9. The molecule has 7 nitrogen and oxygen atoms in total. The molecule has 28 heavy (non-hydrogen) atoms. The van der Waals surface area contributed by atoms with E-state index in [9.17, 15) is 14.4 Å². The van der Waals surface area contributed by atoms with E-state index in [1.54, 1.807) is 0 Å². The Kier molecular flexibility index (Phi) is 8.48. The van der Waals surface area contributed by atoms with Crippen LogP contribution in [0, 0.1) is 6.92 Å². The van der Waals surface area contributed by atoms with Gasteiger partial charge in [0.1, 0.15) is 6.61 Å². The highest BCUT2D eigenvalue weighted by Gasteiger charge is 2.09. The summed E-state index contributed by atoms with van der Waals surface area (Å²) in [6.45, 7) is 1.97. The van der Waals surface area contributed by atoms with Crippen LogP contribution in [0.3, 0.4) is 0 Å². The zero-order valence-electron chi connectivity index (χ0n) is 15.5. The van der Waals surface area contributed by atoms with Crippen LogP contribution in [0.4, 0.5) is 10.5 Å². The van der Waals surface area contributed by atoms with Crippen molar-refractivity contribution in [1.82, 2.24) is 10.6 Å². The number of halogens is 1. The molecule has 0 radical (unpaired) electrons. The van der Waals surface area contributed by atoms with E-state index in [1.807, 2.05) is 55.5 Å². The maximum atomic E-state index is 12.0. The van der Waals surface area contributed by atoms with Gasteiger partial charge >= 0.3 is 6.09 Å². The fourth-order valence-electron chi connectivity index (χ4n) is 2.25. The van der Waals surface area contributed by atoms with Crippen LogP contribution >= 0.6 is 15.9 Å². The molecule has 2 aromatic rings. The first-order valence-corrected chi connectivity index (χ1v) is 9.50. The van der Waals surface area contributed by atoms with Gasteiger partial charge < -0.3 is 20.7 Å². The lowest BCUT2D eigenvalue weighted by molar-refractivity contribution is -0.120.